The fourth-order valence-electron chi connectivity index (χ4n) is 3.14. The summed E-state index contributed by atoms with van der Waals surface area (Å²) >= 11 is 0. The molecule has 4 nitrogen and oxygen atoms in total. The first-order chi connectivity index (χ1) is 10.5. The summed E-state index contributed by atoms with van der Waals surface area (Å²) in [6.07, 6.45) is -0.104. The van der Waals surface area contributed by atoms with Crippen LogP contribution >= 0.6 is 0 Å². The monoisotopic (exact) mass is 309 g/mol. The van der Waals surface area contributed by atoms with E-state index in [0.717, 1.165) is 36.9 Å². The quantitative estimate of drug-likeness (QED) is 0.879. The van der Waals surface area contributed by atoms with E-state index < -0.39 is 6.30 Å². The molecule has 0 radical (unpaired) electrons. The summed E-state index contributed by atoms with van der Waals surface area (Å²) in [4.78, 5) is 0. The molecule has 1 saturated heterocycles. The molecule has 7 heteroatoms. The third kappa shape index (κ3) is 2.16. The van der Waals surface area contributed by atoms with Gasteiger partial charge in [0.15, 0.2) is 0 Å². The summed E-state index contributed by atoms with van der Waals surface area (Å²) in [6.45, 7) is 0.962. The molecule has 2 aliphatic heterocycles. The second-order valence-electron chi connectivity index (χ2n) is 5.62. The van der Waals surface area contributed by atoms with Gasteiger partial charge in [0.25, 0.3) is 0 Å². The van der Waals surface area contributed by atoms with Crippen molar-refractivity contribution in [2.75, 3.05) is 6.54 Å². The fourth-order valence-corrected chi connectivity index (χ4v) is 3.14. The Balaban J connectivity index is 1.67. The van der Waals surface area contributed by atoms with Gasteiger partial charge in [-0.2, -0.15) is 9.78 Å². The molecule has 2 aromatic rings. The molecule has 4 rings (SSSR count). The first-order valence-corrected chi connectivity index (χ1v) is 7.18. The standard InChI is InChI=1S/C15H14F3N3O/c16-15(17,18)21-8-10(7-20-21)9-3-4-11-13(6-9)22-12-2-1-5-19-14(11)12/h3-4,6-8,12,14,19H,1-2,5H2/t12-,14-/m0/s1. The highest BCUT2D eigenvalue weighted by molar-refractivity contribution is 5.65. The predicted octanol–water partition coefficient (Wildman–Crippen LogP) is 3.21. The number of alkyl halides is 3. The Morgan fingerprint density at radius 1 is 1.27 bits per heavy atom. The zero-order valence-electron chi connectivity index (χ0n) is 11.6. The number of hydrogen-bond acceptors (Lipinski definition) is 3. The van der Waals surface area contributed by atoms with Gasteiger partial charge in [-0.05, 0) is 31.0 Å². The summed E-state index contributed by atoms with van der Waals surface area (Å²) in [5.41, 5.74) is 2.18. The SMILES string of the molecule is FC(F)(F)n1cc(-c2ccc3c(c2)O[C@H]2CCCN[C@@H]32)cn1. The number of piperidine rings is 1. The molecule has 1 N–H and O–H groups in total. The van der Waals surface area contributed by atoms with Crippen molar-refractivity contribution in [2.24, 2.45) is 0 Å². The van der Waals surface area contributed by atoms with Gasteiger partial charge in [0.1, 0.15) is 11.9 Å². The topological polar surface area (TPSA) is 39.1 Å². The molecular formula is C15H14F3N3O. The van der Waals surface area contributed by atoms with Crippen molar-refractivity contribution < 1.29 is 17.9 Å². The van der Waals surface area contributed by atoms with E-state index >= 15 is 0 Å². The van der Waals surface area contributed by atoms with Crippen molar-refractivity contribution in [1.29, 1.82) is 0 Å². The van der Waals surface area contributed by atoms with Crippen LogP contribution in [0.5, 0.6) is 5.75 Å². The minimum Gasteiger partial charge on any atom is -0.488 e. The number of halogens is 3. The summed E-state index contributed by atoms with van der Waals surface area (Å²) in [5, 5.41) is 6.80. The number of ether oxygens (including phenoxy) is 1. The summed E-state index contributed by atoms with van der Waals surface area (Å²) in [5.74, 6) is 0.752. The Hall–Kier alpha value is -2.02. The van der Waals surface area contributed by atoms with Gasteiger partial charge in [0.05, 0.1) is 12.2 Å². The van der Waals surface area contributed by atoms with Crippen molar-refractivity contribution in [3.05, 3.63) is 36.2 Å². The van der Waals surface area contributed by atoms with E-state index in [4.69, 9.17) is 4.74 Å². The van der Waals surface area contributed by atoms with Crippen molar-refractivity contribution in [3.63, 3.8) is 0 Å². The molecule has 0 bridgehead atoms. The van der Waals surface area contributed by atoms with Crippen LogP contribution in [0.1, 0.15) is 24.4 Å². The third-order valence-corrected chi connectivity index (χ3v) is 4.20. The van der Waals surface area contributed by atoms with Gasteiger partial charge in [0.2, 0.25) is 0 Å². The maximum atomic E-state index is 12.6. The van der Waals surface area contributed by atoms with E-state index in [1.807, 2.05) is 12.1 Å². The maximum Gasteiger partial charge on any atom is 0.504 e. The van der Waals surface area contributed by atoms with Crippen LogP contribution < -0.4 is 10.1 Å². The van der Waals surface area contributed by atoms with Crippen molar-refractivity contribution in [2.45, 2.75) is 31.3 Å². The van der Waals surface area contributed by atoms with E-state index in [0.29, 0.717) is 11.1 Å². The van der Waals surface area contributed by atoms with E-state index in [2.05, 4.69) is 10.4 Å². The molecule has 2 aliphatic rings. The molecular weight excluding hydrogens is 295 g/mol. The molecule has 1 aromatic heterocycles. The summed E-state index contributed by atoms with van der Waals surface area (Å²) < 4.78 is 43.8. The number of nitrogens with one attached hydrogen (secondary N) is 1. The summed E-state index contributed by atoms with van der Waals surface area (Å²) in [6, 6.07) is 5.74. The smallest absolute Gasteiger partial charge is 0.488 e. The van der Waals surface area contributed by atoms with Gasteiger partial charge in [-0.25, -0.2) is 0 Å². The second-order valence-corrected chi connectivity index (χ2v) is 5.62. The minimum absolute atomic E-state index is 0.0117. The lowest BCUT2D eigenvalue weighted by Gasteiger charge is -2.25. The van der Waals surface area contributed by atoms with Crippen LogP contribution in [0.4, 0.5) is 13.2 Å². The first-order valence-electron chi connectivity index (χ1n) is 7.18. The molecule has 0 spiro atoms. The molecule has 0 saturated carbocycles. The number of aromatic nitrogens is 2. The Kier molecular flexibility index (Phi) is 2.94. The molecule has 1 aromatic carbocycles. The van der Waals surface area contributed by atoms with Crippen molar-refractivity contribution in [1.82, 2.24) is 15.1 Å². The van der Waals surface area contributed by atoms with Gasteiger partial charge in [-0.15, -0.1) is 13.2 Å². The lowest BCUT2D eigenvalue weighted by Crippen LogP contribution is -2.36. The molecule has 1 fully saturated rings. The normalized spacial score (nSPS) is 23.8. The van der Waals surface area contributed by atoms with Crippen LogP contribution in [0, 0.1) is 0 Å². The average Bonchev–Trinajstić information content (AvgIpc) is 3.11. The van der Waals surface area contributed by atoms with E-state index in [1.165, 1.54) is 6.20 Å². The first kappa shape index (κ1) is 13.6. The largest absolute Gasteiger partial charge is 0.504 e. The zero-order valence-corrected chi connectivity index (χ0v) is 11.6. The average molecular weight is 309 g/mol. The van der Waals surface area contributed by atoms with Crippen molar-refractivity contribution >= 4 is 0 Å². The molecule has 0 aliphatic carbocycles. The van der Waals surface area contributed by atoms with Crippen LogP contribution in [0.15, 0.2) is 30.6 Å². The molecule has 0 amide bonds. The predicted molar refractivity (Wildman–Crippen MR) is 73.4 cm³/mol. The zero-order chi connectivity index (χ0) is 15.3. The minimum atomic E-state index is -4.50. The Morgan fingerprint density at radius 2 is 2.14 bits per heavy atom. The maximum absolute atomic E-state index is 12.6. The fraction of sp³-hybridized carbons (Fsp3) is 0.400. The van der Waals surface area contributed by atoms with Crippen LogP contribution in [0.25, 0.3) is 11.1 Å². The number of nitrogens with zero attached hydrogens (tertiary/aromatic N) is 2. The number of hydrogen-bond donors (Lipinski definition) is 1. The van der Waals surface area contributed by atoms with Gasteiger partial charge >= 0.3 is 6.30 Å². The highest BCUT2D eigenvalue weighted by Gasteiger charge is 2.36. The molecule has 2 atom stereocenters. The van der Waals surface area contributed by atoms with E-state index in [-0.39, 0.29) is 16.8 Å². The van der Waals surface area contributed by atoms with Crippen LogP contribution in [-0.2, 0) is 6.30 Å². The van der Waals surface area contributed by atoms with Gasteiger partial charge in [-0.3, -0.25) is 0 Å². The lowest BCUT2D eigenvalue weighted by molar-refractivity contribution is -0.212. The number of rotatable bonds is 1. The number of fused-ring (bicyclic) bond motifs is 3. The summed E-state index contributed by atoms with van der Waals surface area (Å²) in [7, 11) is 0. The van der Waals surface area contributed by atoms with E-state index in [1.54, 1.807) is 6.07 Å². The van der Waals surface area contributed by atoms with Crippen molar-refractivity contribution in [3.8, 4) is 16.9 Å². The molecule has 3 heterocycles. The Morgan fingerprint density at radius 3 is 2.91 bits per heavy atom. The Labute approximate surface area is 124 Å². The van der Waals surface area contributed by atoms with Gasteiger partial charge in [-0.1, -0.05) is 12.1 Å². The van der Waals surface area contributed by atoms with Gasteiger partial charge < -0.3 is 10.1 Å². The van der Waals surface area contributed by atoms with Gasteiger partial charge in [0, 0.05) is 17.3 Å². The Bertz CT molecular complexity index is 710. The molecule has 0 unspecified atom stereocenters. The van der Waals surface area contributed by atoms with Crippen LogP contribution in [0.2, 0.25) is 0 Å². The molecule has 116 valence electrons. The third-order valence-electron chi connectivity index (χ3n) is 4.20. The van der Waals surface area contributed by atoms with E-state index in [9.17, 15) is 13.2 Å². The van der Waals surface area contributed by atoms with Crippen LogP contribution in [0.3, 0.4) is 0 Å². The highest BCUT2D eigenvalue weighted by atomic mass is 19.4. The lowest BCUT2D eigenvalue weighted by atomic mass is 9.96. The number of benzene rings is 1. The highest BCUT2D eigenvalue weighted by Crippen LogP contribution is 2.42. The second kappa shape index (κ2) is 4.74. The molecule has 22 heavy (non-hydrogen) atoms. The van der Waals surface area contributed by atoms with Crippen LogP contribution in [-0.4, -0.2) is 22.4 Å².